The van der Waals surface area contributed by atoms with Gasteiger partial charge in [0, 0.05) is 23.4 Å². The van der Waals surface area contributed by atoms with Crippen molar-refractivity contribution in [2.24, 2.45) is 5.73 Å². The van der Waals surface area contributed by atoms with Gasteiger partial charge < -0.3 is 10.6 Å². The Morgan fingerprint density at radius 3 is 2.59 bits per heavy atom. The maximum absolute atomic E-state index is 13.6. The number of carbonyl (C=O) groups excluding carboxylic acids is 2. The van der Waals surface area contributed by atoms with E-state index in [-0.39, 0.29) is 5.91 Å². The zero-order valence-corrected chi connectivity index (χ0v) is 16.1. The Kier molecular flexibility index (Phi) is 4.89. The third-order valence-electron chi connectivity index (χ3n) is 5.35. The summed E-state index contributed by atoms with van der Waals surface area (Å²) in [5, 5.41) is 0. The smallest absolute Gasteiger partial charge is 0.258 e. The van der Waals surface area contributed by atoms with Gasteiger partial charge in [-0.1, -0.05) is 18.2 Å². The minimum absolute atomic E-state index is 0.204. The van der Waals surface area contributed by atoms with E-state index in [9.17, 15) is 14.0 Å². The van der Waals surface area contributed by atoms with Gasteiger partial charge in [0.1, 0.15) is 5.82 Å². The van der Waals surface area contributed by atoms with E-state index in [0.717, 1.165) is 40.8 Å². The Morgan fingerprint density at radius 1 is 1.00 bits per heavy atom. The Bertz CT molecular complexity index is 1120. The summed E-state index contributed by atoms with van der Waals surface area (Å²) >= 11 is 0. The second kappa shape index (κ2) is 7.51. The molecule has 0 bridgehead atoms. The summed E-state index contributed by atoms with van der Waals surface area (Å²) in [4.78, 5) is 26.2. The summed E-state index contributed by atoms with van der Waals surface area (Å²) in [6.07, 6.45) is 1.68. The Hall–Kier alpha value is -3.47. The number of nitrogens with two attached hydrogens (primary N) is 1. The molecule has 0 saturated carbocycles. The van der Waals surface area contributed by atoms with Gasteiger partial charge in [-0.2, -0.15) is 0 Å². The molecule has 0 fully saturated rings. The number of primary amides is 1. The molecule has 4 rings (SSSR count). The predicted molar refractivity (Wildman–Crippen MR) is 112 cm³/mol. The van der Waals surface area contributed by atoms with E-state index in [2.05, 4.69) is 6.07 Å². The van der Waals surface area contributed by atoms with Gasteiger partial charge in [0.15, 0.2) is 0 Å². The molecule has 29 heavy (non-hydrogen) atoms. The summed E-state index contributed by atoms with van der Waals surface area (Å²) in [7, 11) is 0. The van der Waals surface area contributed by atoms with E-state index in [1.807, 2.05) is 25.1 Å². The first-order valence-corrected chi connectivity index (χ1v) is 9.55. The van der Waals surface area contributed by atoms with Crippen molar-refractivity contribution in [3.8, 4) is 11.1 Å². The first-order valence-electron chi connectivity index (χ1n) is 9.55. The third-order valence-corrected chi connectivity index (χ3v) is 5.35. The molecular formula is C24H21FN2O2. The molecule has 1 heterocycles. The number of anilines is 1. The van der Waals surface area contributed by atoms with Gasteiger partial charge in [-0.05, 0) is 84.5 Å². The summed E-state index contributed by atoms with van der Waals surface area (Å²) in [5.74, 6) is -1.09. The summed E-state index contributed by atoms with van der Waals surface area (Å²) < 4.78 is 13.6. The van der Waals surface area contributed by atoms with Gasteiger partial charge in [0.05, 0.1) is 0 Å². The molecule has 146 valence electrons. The van der Waals surface area contributed by atoms with Crippen LogP contribution >= 0.6 is 0 Å². The van der Waals surface area contributed by atoms with Gasteiger partial charge in [-0.15, -0.1) is 0 Å². The highest BCUT2D eigenvalue weighted by Gasteiger charge is 2.24. The second-order valence-electron chi connectivity index (χ2n) is 7.31. The van der Waals surface area contributed by atoms with Gasteiger partial charge in [0.25, 0.3) is 5.91 Å². The molecule has 0 unspecified atom stereocenters. The van der Waals surface area contributed by atoms with E-state index in [1.165, 1.54) is 12.1 Å². The monoisotopic (exact) mass is 388 g/mol. The number of nitrogens with zero attached hydrogens (tertiary/aromatic N) is 1. The maximum atomic E-state index is 13.6. The highest BCUT2D eigenvalue weighted by Crippen LogP contribution is 2.34. The average molecular weight is 388 g/mol. The Morgan fingerprint density at radius 2 is 1.83 bits per heavy atom. The number of rotatable bonds is 3. The Balaban J connectivity index is 1.72. The fourth-order valence-corrected chi connectivity index (χ4v) is 3.84. The first-order chi connectivity index (χ1) is 13.9. The van der Waals surface area contributed by atoms with Crippen LogP contribution in [0, 0.1) is 12.7 Å². The number of halogens is 1. The highest BCUT2D eigenvalue weighted by atomic mass is 19.1. The van der Waals surface area contributed by atoms with Crippen molar-refractivity contribution >= 4 is 17.5 Å². The molecule has 3 aromatic carbocycles. The molecule has 0 radical (unpaired) electrons. The van der Waals surface area contributed by atoms with Crippen molar-refractivity contribution in [1.29, 1.82) is 0 Å². The van der Waals surface area contributed by atoms with E-state index in [4.69, 9.17) is 5.73 Å². The second-order valence-corrected chi connectivity index (χ2v) is 7.31. The van der Waals surface area contributed by atoms with Gasteiger partial charge in [0.2, 0.25) is 5.91 Å². The molecule has 0 spiro atoms. The molecule has 0 aromatic heterocycles. The van der Waals surface area contributed by atoms with Crippen LogP contribution in [-0.4, -0.2) is 18.4 Å². The van der Waals surface area contributed by atoms with Crippen LogP contribution in [0.2, 0.25) is 0 Å². The van der Waals surface area contributed by atoms with E-state index in [1.54, 1.807) is 29.2 Å². The lowest BCUT2D eigenvalue weighted by Gasteiger charge is -2.30. The first kappa shape index (κ1) is 18.9. The lowest BCUT2D eigenvalue weighted by Crippen LogP contribution is -2.35. The van der Waals surface area contributed by atoms with Crippen molar-refractivity contribution in [2.75, 3.05) is 11.4 Å². The maximum Gasteiger partial charge on any atom is 0.258 e. The van der Waals surface area contributed by atoms with Crippen molar-refractivity contribution < 1.29 is 14.0 Å². The van der Waals surface area contributed by atoms with Crippen molar-refractivity contribution in [3.05, 3.63) is 88.7 Å². The highest BCUT2D eigenvalue weighted by molar-refractivity contribution is 6.07. The van der Waals surface area contributed by atoms with Gasteiger partial charge >= 0.3 is 0 Å². The lowest BCUT2D eigenvalue weighted by atomic mass is 9.93. The topological polar surface area (TPSA) is 63.4 Å². The van der Waals surface area contributed by atoms with Crippen LogP contribution in [0.25, 0.3) is 11.1 Å². The molecule has 4 nitrogen and oxygen atoms in total. The van der Waals surface area contributed by atoms with Gasteiger partial charge in [-0.25, -0.2) is 4.39 Å². The largest absolute Gasteiger partial charge is 0.366 e. The fraction of sp³-hybridized carbons (Fsp3) is 0.167. The molecule has 2 N–H and O–H groups in total. The minimum Gasteiger partial charge on any atom is -0.366 e. The normalized spacial score (nSPS) is 13.1. The fourth-order valence-electron chi connectivity index (χ4n) is 3.84. The number of benzene rings is 3. The quantitative estimate of drug-likeness (QED) is 0.718. The van der Waals surface area contributed by atoms with Crippen molar-refractivity contribution in [1.82, 2.24) is 0 Å². The van der Waals surface area contributed by atoms with Crippen molar-refractivity contribution in [2.45, 2.75) is 19.8 Å². The van der Waals surface area contributed by atoms with Gasteiger partial charge in [-0.3, -0.25) is 9.59 Å². The number of aryl methyl sites for hydroxylation is 2. The lowest BCUT2D eigenvalue weighted by molar-refractivity contribution is 0.0981. The van der Waals surface area contributed by atoms with Crippen LogP contribution in [-0.2, 0) is 6.42 Å². The molecule has 1 aliphatic rings. The van der Waals surface area contributed by atoms with Crippen molar-refractivity contribution in [3.63, 3.8) is 0 Å². The summed E-state index contributed by atoms with van der Waals surface area (Å²) in [5.41, 5.74) is 11.1. The average Bonchev–Trinajstić information content (AvgIpc) is 2.72. The van der Waals surface area contributed by atoms with Crippen LogP contribution < -0.4 is 10.6 Å². The molecule has 0 atom stereocenters. The molecule has 3 aromatic rings. The number of hydrogen-bond acceptors (Lipinski definition) is 2. The third kappa shape index (κ3) is 3.63. The van der Waals surface area contributed by atoms with Crippen LogP contribution in [0.5, 0.6) is 0 Å². The zero-order chi connectivity index (χ0) is 20.5. The van der Waals surface area contributed by atoms with Crippen LogP contribution in [0.1, 0.15) is 38.3 Å². The predicted octanol–water partition coefficient (Wildman–Crippen LogP) is 4.49. The van der Waals surface area contributed by atoms with Crippen LogP contribution in [0.4, 0.5) is 10.1 Å². The SMILES string of the molecule is Cc1ccc(C(N)=O)cc1-c1ccc2c(c1)CCCN2C(=O)c1cccc(F)c1. The Labute approximate surface area is 168 Å². The number of amides is 2. The van der Waals surface area contributed by atoms with E-state index >= 15 is 0 Å². The standard InChI is InChI=1S/C24H21FN2O2/c1-15-7-8-18(23(26)28)14-21(15)16-9-10-22-17(12-16)5-3-11-27(22)24(29)19-4-2-6-20(25)13-19/h2,4,6-10,12-14H,3,5,11H2,1H3,(H2,26,28). The molecule has 0 saturated heterocycles. The van der Waals surface area contributed by atoms with Crippen LogP contribution in [0.3, 0.4) is 0 Å². The molecule has 1 aliphatic heterocycles. The number of carbonyl (C=O) groups is 2. The number of fused-ring (bicyclic) bond motifs is 1. The summed E-state index contributed by atoms with van der Waals surface area (Å²) in [6.45, 7) is 2.58. The molecular weight excluding hydrogens is 367 g/mol. The molecule has 5 heteroatoms. The minimum atomic E-state index is -0.462. The van der Waals surface area contributed by atoms with Crippen LogP contribution in [0.15, 0.2) is 60.7 Å². The molecule has 0 aliphatic carbocycles. The zero-order valence-electron chi connectivity index (χ0n) is 16.1. The van der Waals surface area contributed by atoms with E-state index in [0.29, 0.717) is 17.7 Å². The molecule has 2 amide bonds. The summed E-state index contributed by atoms with van der Waals surface area (Å²) in [6, 6.07) is 17.1. The number of hydrogen-bond donors (Lipinski definition) is 1. The van der Waals surface area contributed by atoms with E-state index < -0.39 is 11.7 Å².